The zero-order valence-corrected chi connectivity index (χ0v) is 15.9. The number of carbonyl (C=O) groups is 2. The molecule has 0 saturated heterocycles. The number of benzene rings is 1. The second-order valence-corrected chi connectivity index (χ2v) is 7.50. The van der Waals surface area contributed by atoms with Crippen LogP contribution in [0.3, 0.4) is 0 Å². The highest BCUT2D eigenvalue weighted by Gasteiger charge is 2.13. The van der Waals surface area contributed by atoms with Gasteiger partial charge in [-0.1, -0.05) is 35.6 Å². The number of amides is 2. The van der Waals surface area contributed by atoms with Crippen LogP contribution in [0.2, 0.25) is 0 Å². The number of hydrogen-bond donors (Lipinski definition) is 2. The Morgan fingerprint density at radius 3 is 2.70 bits per heavy atom. The van der Waals surface area contributed by atoms with Gasteiger partial charge in [-0.2, -0.15) is 0 Å². The first-order chi connectivity index (χ1) is 13.2. The smallest absolute Gasteiger partial charge is 0.286 e. The molecular formula is C18H17N5O2S2. The average Bonchev–Trinajstić information content (AvgIpc) is 3.17. The van der Waals surface area contributed by atoms with Crippen LogP contribution in [0, 0.1) is 0 Å². The Hall–Kier alpha value is -2.78. The highest BCUT2D eigenvalue weighted by molar-refractivity contribution is 7.99. The monoisotopic (exact) mass is 399 g/mol. The Bertz CT molecular complexity index is 887. The van der Waals surface area contributed by atoms with Crippen LogP contribution < -0.4 is 10.6 Å². The summed E-state index contributed by atoms with van der Waals surface area (Å²) in [5, 5.41) is 14.6. The lowest BCUT2D eigenvalue weighted by atomic mass is 10.3. The molecule has 27 heavy (non-hydrogen) atoms. The predicted molar refractivity (Wildman–Crippen MR) is 107 cm³/mol. The van der Waals surface area contributed by atoms with Gasteiger partial charge in [0.1, 0.15) is 5.01 Å². The predicted octanol–water partition coefficient (Wildman–Crippen LogP) is 2.74. The second-order valence-electron chi connectivity index (χ2n) is 5.45. The molecule has 0 aliphatic carbocycles. The lowest BCUT2D eigenvalue weighted by molar-refractivity contribution is -0.118. The van der Waals surface area contributed by atoms with Gasteiger partial charge in [0, 0.05) is 30.4 Å². The minimum atomic E-state index is -0.288. The van der Waals surface area contributed by atoms with Crippen molar-refractivity contribution in [3.05, 3.63) is 70.4 Å². The zero-order chi connectivity index (χ0) is 18.9. The van der Waals surface area contributed by atoms with Crippen molar-refractivity contribution in [2.24, 2.45) is 0 Å². The van der Waals surface area contributed by atoms with E-state index in [1.807, 2.05) is 30.3 Å². The molecule has 3 rings (SSSR count). The standard InChI is InChI=1S/C18H17N5O2S2/c24-15(20-10-13-5-4-8-19-9-13)11-26-12-16-22-23-18(27-16)17(25)21-14-6-2-1-3-7-14/h1-9H,10-12H2,(H,20,24)(H,21,25). The second kappa shape index (κ2) is 9.79. The van der Waals surface area contributed by atoms with Gasteiger partial charge in [-0.05, 0) is 23.8 Å². The minimum Gasteiger partial charge on any atom is -0.351 e. The van der Waals surface area contributed by atoms with Crippen LogP contribution in [0.1, 0.15) is 20.4 Å². The van der Waals surface area contributed by atoms with Gasteiger partial charge < -0.3 is 10.6 Å². The van der Waals surface area contributed by atoms with Gasteiger partial charge in [-0.3, -0.25) is 14.6 Å². The molecule has 0 radical (unpaired) electrons. The molecule has 0 aliphatic heterocycles. The highest BCUT2D eigenvalue weighted by atomic mass is 32.2. The van der Waals surface area contributed by atoms with Crippen LogP contribution in [0.5, 0.6) is 0 Å². The lowest BCUT2D eigenvalue weighted by Gasteiger charge is -2.04. The summed E-state index contributed by atoms with van der Waals surface area (Å²) in [5.41, 5.74) is 1.66. The molecular weight excluding hydrogens is 382 g/mol. The highest BCUT2D eigenvalue weighted by Crippen LogP contribution is 2.18. The molecule has 0 aliphatic rings. The fraction of sp³-hybridized carbons (Fsp3) is 0.167. The molecule has 0 unspecified atom stereocenters. The van der Waals surface area contributed by atoms with E-state index in [9.17, 15) is 9.59 Å². The van der Waals surface area contributed by atoms with E-state index in [0.29, 0.717) is 33.8 Å². The summed E-state index contributed by atoms with van der Waals surface area (Å²) in [6.07, 6.45) is 3.41. The summed E-state index contributed by atoms with van der Waals surface area (Å²) < 4.78 is 0. The molecule has 9 heteroatoms. The molecule has 2 aromatic heterocycles. The molecule has 3 aromatic rings. The number of nitrogens with zero attached hydrogens (tertiary/aromatic N) is 3. The SMILES string of the molecule is O=C(CSCc1nnc(C(=O)Nc2ccccc2)s1)NCc1cccnc1. The molecule has 1 aromatic carbocycles. The van der Waals surface area contributed by atoms with Gasteiger partial charge in [-0.25, -0.2) is 0 Å². The van der Waals surface area contributed by atoms with Crippen molar-refractivity contribution in [1.82, 2.24) is 20.5 Å². The summed E-state index contributed by atoms with van der Waals surface area (Å²) in [7, 11) is 0. The minimum absolute atomic E-state index is 0.0598. The van der Waals surface area contributed by atoms with Crippen LogP contribution in [-0.2, 0) is 17.1 Å². The van der Waals surface area contributed by atoms with E-state index in [0.717, 1.165) is 5.56 Å². The number of pyridine rings is 1. The fourth-order valence-corrected chi connectivity index (χ4v) is 3.73. The topological polar surface area (TPSA) is 96.9 Å². The summed E-state index contributed by atoms with van der Waals surface area (Å²) in [6.45, 7) is 0.454. The van der Waals surface area contributed by atoms with Gasteiger partial charge in [0.05, 0.1) is 5.75 Å². The number of para-hydroxylation sites is 1. The Morgan fingerprint density at radius 2 is 1.93 bits per heavy atom. The maximum Gasteiger partial charge on any atom is 0.286 e. The first-order valence-corrected chi connectivity index (χ1v) is 10.1. The number of rotatable bonds is 8. The van der Waals surface area contributed by atoms with Crippen LogP contribution in [-0.4, -0.2) is 32.7 Å². The number of thioether (sulfide) groups is 1. The van der Waals surface area contributed by atoms with Gasteiger partial charge in [0.15, 0.2) is 0 Å². The molecule has 2 amide bonds. The van der Waals surface area contributed by atoms with Crippen molar-refractivity contribution in [1.29, 1.82) is 0 Å². The van der Waals surface area contributed by atoms with Crippen LogP contribution >= 0.6 is 23.1 Å². The molecule has 138 valence electrons. The normalized spacial score (nSPS) is 10.4. The molecule has 0 saturated carbocycles. The van der Waals surface area contributed by atoms with Gasteiger partial charge in [0.2, 0.25) is 10.9 Å². The third kappa shape index (κ3) is 6.15. The van der Waals surface area contributed by atoms with Crippen molar-refractivity contribution in [2.45, 2.75) is 12.3 Å². The van der Waals surface area contributed by atoms with Crippen molar-refractivity contribution in [3.63, 3.8) is 0 Å². The van der Waals surface area contributed by atoms with Crippen molar-refractivity contribution in [3.8, 4) is 0 Å². The number of aromatic nitrogens is 3. The van der Waals surface area contributed by atoms with Crippen molar-refractivity contribution >= 4 is 40.6 Å². The molecule has 7 nitrogen and oxygen atoms in total. The van der Waals surface area contributed by atoms with Crippen molar-refractivity contribution < 1.29 is 9.59 Å². The molecule has 0 atom stereocenters. The number of carbonyl (C=O) groups excluding carboxylic acids is 2. The van der Waals surface area contributed by atoms with E-state index in [2.05, 4.69) is 25.8 Å². The lowest BCUT2D eigenvalue weighted by Crippen LogP contribution is -2.24. The Labute approximate surface area is 164 Å². The Morgan fingerprint density at radius 1 is 1.07 bits per heavy atom. The molecule has 2 heterocycles. The Balaban J connectivity index is 1.40. The zero-order valence-electron chi connectivity index (χ0n) is 14.3. The molecule has 2 N–H and O–H groups in total. The van der Waals surface area contributed by atoms with E-state index >= 15 is 0 Å². The van der Waals surface area contributed by atoms with Crippen LogP contribution in [0.25, 0.3) is 0 Å². The van der Waals surface area contributed by atoms with Crippen LogP contribution in [0.15, 0.2) is 54.9 Å². The maximum absolute atomic E-state index is 12.2. The fourth-order valence-electron chi connectivity index (χ4n) is 2.10. The van der Waals surface area contributed by atoms with Gasteiger partial charge in [-0.15, -0.1) is 22.0 Å². The van der Waals surface area contributed by atoms with E-state index in [-0.39, 0.29) is 11.8 Å². The largest absolute Gasteiger partial charge is 0.351 e. The third-order valence-electron chi connectivity index (χ3n) is 3.36. The summed E-state index contributed by atoms with van der Waals surface area (Å²) in [4.78, 5) is 28.0. The van der Waals surface area contributed by atoms with Gasteiger partial charge in [0.25, 0.3) is 5.91 Å². The summed E-state index contributed by atoms with van der Waals surface area (Å²) in [6, 6.07) is 12.9. The third-order valence-corrected chi connectivity index (χ3v) is 5.41. The van der Waals surface area contributed by atoms with Crippen LogP contribution in [0.4, 0.5) is 5.69 Å². The molecule has 0 bridgehead atoms. The number of nitrogens with one attached hydrogen (secondary N) is 2. The quantitative estimate of drug-likeness (QED) is 0.605. The number of anilines is 1. The van der Waals surface area contributed by atoms with E-state index in [4.69, 9.17) is 0 Å². The van der Waals surface area contributed by atoms with Crippen molar-refractivity contribution in [2.75, 3.05) is 11.1 Å². The van der Waals surface area contributed by atoms with E-state index < -0.39 is 0 Å². The average molecular weight is 400 g/mol. The van der Waals surface area contributed by atoms with E-state index in [1.165, 1.54) is 23.1 Å². The Kier molecular flexibility index (Phi) is 6.89. The number of hydrogen-bond acceptors (Lipinski definition) is 7. The summed E-state index contributed by atoms with van der Waals surface area (Å²) >= 11 is 2.65. The first-order valence-electron chi connectivity index (χ1n) is 8.13. The van der Waals surface area contributed by atoms with Gasteiger partial charge >= 0.3 is 0 Å². The summed E-state index contributed by atoms with van der Waals surface area (Å²) in [5.74, 6) is 0.488. The maximum atomic E-state index is 12.2. The molecule has 0 fully saturated rings. The molecule has 0 spiro atoms. The van der Waals surface area contributed by atoms with E-state index in [1.54, 1.807) is 24.5 Å². The first kappa shape index (κ1) is 19.0.